The van der Waals surface area contributed by atoms with Crippen molar-refractivity contribution in [2.24, 2.45) is 5.84 Å². The van der Waals surface area contributed by atoms with Crippen molar-refractivity contribution in [1.82, 2.24) is 5.43 Å². The summed E-state index contributed by atoms with van der Waals surface area (Å²) in [4.78, 5) is 12.7. The Morgan fingerprint density at radius 2 is 1.78 bits per heavy atom. The van der Waals surface area contributed by atoms with Gasteiger partial charge in [0.05, 0.1) is 11.3 Å². The van der Waals surface area contributed by atoms with Crippen LogP contribution in [-0.4, -0.2) is 5.91 Å². The maximum absolute atomic E-state index is 13.4. The average Bonchev–Trinajstić information content (AvgIpc) is 2.52. The van der Waals surface area contributed by atoms with E-state index in [-0.39, 0.29) is 11.0 Å². The van der Waals surface area contributed by atoms with Crippen LogP contribution >= 0.6 is 11.9 Å². The van der Waals surface area contributed by atoms with Gasteiger partial charge in [0.1, 0.15) is 5.82 Å². The first-order valence-corrected chi connectivity index (χ1v) is 7.97. The van der Waals surface area contributed by atoms with Crippen molar-refractivity contribution in [2.75, 3.05) is 4.72 Å². The molecule has 1 amide bonds. The Kier molecular flexibility index (Phi) is 5.28. The number of hydrazine groups is 1. The fourth-order valence-electron chi connectivity index (χ4n) is 2.01. The molecule has 0 radical (unpaired) electrons. The lowest BCUT2D eigenvalue weighted by atomic mass is 9.87. The van der Waals surface area contributed by atoms with Crippen LogP contribution < -0.4 is 16.0 Å². The van der Waals surface area contributed by atoms with Crippen LogP contribution in [-0.2, 0) is 5.41 Å². The Labute approximate surface area is 139 Å². The van der Waals surface area contributed by atoms with Gasteiger partial charge >= 0.3 is 0 Å². The number of carbonyl (C=O) groups is 1. The minimum absolute atomic E-state index is 0.0889. The van der Waals surface area contributed by atoms with E-state index in [1.54, 1.807) is 0 Å². The van der Waals surface area contributed by atoms with Gasteiger partial charge in [0.15, 0.2) is 0 Å². The monoisotopic (exact) mass is 333 g/mol. The Bertz CT molecular complexity index is 696. The molecule has 2 rings (SSSR count). The quantitative estimate of drug-likeness (QED) is 0.344. The van der Waals surface area contributed by atoms with E-state index in [1.807, 2.05) is 12.1 Å². The summed E-state index contributed by atoms with van der Waals surface area (Å²) in [7, 11) is 0. The highest BCUT2D eigenvalue weighted by atomic mass is 32.2. The van der Waals surface area contributed by atoms with Crippen LogP contribution in [0.3, 0.4) is 0 Å². The third-order valence-corrected chi connectivity index (χ3v) is 4.19. The summed E-state index contributed by atoms with van der Waals surface area (Å²) in [5.74, 6) is 4.25. The number of rotatable bonds is 4. The number of amides is 1. The van der Waals surface area contributed by atoms with Crippen molar-refractivity contribution >= 4 is 23.5 Å². The van der Waals surface area contributed by atoms with E-state index in [4.69, 9.17) is 5.84 Å². The van der Waals surface area contributed by atoms with Crippen LogP contribution in [0.1, 0.15) is 36.7 Å². The summed E-state index contributed by atoms with van der Waals surface area (Å²) in [5.41, 5.74) is 4.03. The molecule has 122 valence electrons. The van der Waals surface area contributed by atoms with Gasteiger partial charge < -0.3 is 4.72 Å². The molecule has 0 aromatic heterocycles. The fraction of sp³-hybridized carbons (Fsp3) is 0.235. The van der Waals surface area contributed by atoms with Gasteiger partial charge in [-0.15, -0.1) is 0 Å². The highest BCUT2D eigenvalue weighted by molar-refractivity contribution is 8.00. The van der Waals surface area contributed by atoms with E-state index >= 15 is 0 Å². The second-order valence-electron chi connectivity index (χ2n) is 6.14. The van der Waals surface area contributed by atoms with Crippen LogP contribution in [0.5, 0.6) is 0 Å². The average molecular weight is 333 g/mol. The minimum Gasteiger partial charge on any atom is -0.325 e. The zero-order valence-corrected chi connectivity index (χ0v) is 14.1. The molecule has 0 aliphatic carbocycles. The molecular weight excluding hydrogens is 313 g/mol. The van der Waals surface area contributed by atoms with Gasteiger partial charge in [-0.1, -0.05) is 32.9 Å². The van der Waals surface area contributed by atoms with Crippen molar-refractivity contribution in [3.63, 3.8) is 0 Å². The van der Waals surface area contributed by atoms with E-state index in [0.29, 0.717) is 5.69 Å². The molecule has 0 saturated heterocycles. The number of nitrogens with one attached hydrogen (secondary N) is 2. The van der Waals surface area contributed by atoms with Crippen molar-refractivity contribution in [3.05, 3.63) is 59.4 Å². The normalized spacial score (nSPS) is 11.2. The summed E-state index contributed by atoms with van der Waals surface area (Å²) in [6.45, 7) is 6.45. The fourth-order valence-corrected chi connectivity index (χ4v) is 2.68. The van der Waals surface area contributed by atoms with E-state index in [2.05, 4.69) is 43.1 Å². The van der Waals surface area contributed by atoms with Crippen LogP contribution in [0.2, 0.25) is 0 Å². The molecule has 0 bridgehead atoms. The first kappa shape index (κ1) is 17.3. The Morgan fingerprint density at radius 3 is 2.35 bits per heavy atom. The summed E-state index contributed by atoms with van der Waals surface area (Å²) >= 11 is 1.31. The van der Waals surface area contributed by atoms with Crippen molar-refractivity contribution in [2.45, 2.75) is 31.1 Å². The number of hydrogen-bond donors (Lipinski definition) is 3. The van der Waals surface area contributed by atoms with Gasteiger partial charge in [-0.3, -0.25) is 10.2 Å². The Morgan fingerprint density at radius 1 is 1.13 bits per heavy atom. The van der Waals surface area contributed by atoms with Crippen molar-refractivity contribution in [1.29, 1.82) is 0 Å². The Hall–Kier alpha value is -2.05. The summed E-state index contributed by atoms with van der Waals surface area (Å²) in [5, 5.41) is 0. The Balaban J connectivity index is 2.14. The van der Waals surface area contributed by atoms with E-state index in [1.165, 1.54) is 35.7 Å². The SMILES string of the molecule is CC(C)(C)c1ccc(SNc2cc(F)ccc2C(=O)NN)cc1. The molecule has 0 unspecified atom stereocenters. The number of nitrogen functional groups attached to an aromatic ring is 1. The van der Waals surface area contributed by atoms with E-state index < -0.39 is 11.7 Å². The molecule has 0 aliphatic rings. The predicted octanol–water partition coefficient (Wildman–Crippen LogP) is 3.85. The molecule has 6 heteroatoms. The number of benzene rings is 2. The van der Waals surface area contributed by atoms with Crippen LogP contribution in [0.4, 0.5) is 10.1 Å². The number of nitrogens with two attached hydrogens (primary N) is 1. The number of halogens is 1. The maximum atomic E-state index is 13.4. The van der Waals surface area contributed by atoms with Crippen molar-refractivity contribution in [3.8, 4) is 0 Å². The number of carbonyl (C=O) groups excluding carboxylic acids is 1. The lowest BCUT2D eigenvalue weighted by Crippen LogP contribution is -2.30. The zero-order valence-electron chi connectivity index (χ0n) is 13.3. The van der Waals surface area contributed by atoms with Crippen molar-refractivity contribution < 1.29 is 9.18 Å². The minimum atomic E-state index is -0.476. The second kappa shape index (κ2) is 7.02. The lowest BCUT2D eigenvalue weighted by Gasteiger charge is -2.19. The van der Waals surface area contributed by atoms with Gasteiger partial charge in [0.2, 0.25) is 0 Å². The zero-order chi connectivity index (χ0) is 17.0. The third-order valence-electron chi connectivity index (χ3n) is 3.36. The van der Waals surface area contributed by atoms with Crippen LogP contribution in [0, 0.1) is 5.82 Å². The highest BCUT2D eigenvalue weighted by Crippen LogP contribution is 2.28. The molecule has 4 N–H and O–H groups in total. The van der Waals surface area contributed by atoms with Crippen LogP contribution in [0.15, 0.2) is 47.4 Å². The highest BCUT2D eigenvalue weighted by Gasteiger charge is 2.14. The smallest absolute Gasteiger partial charge is 0.267 e. The van der Waals surface area contributed by atoms with Gasteiger partial charge in [-0.25, -0.2) is 10.2 Å². The molecular formula is C17H20FN3OS. The first-order valence-electron chi connectivity index (χ1n) is 7.15. The molecule has 0 heterocycles. The van der Waals surface area contributed by atoms with Gasteiger partial charge in [-0.05, 0) is 53.3 Å². The molecule has 0 spiro atoms. The summed E-state index contributed by atoms with van der Waals surface area (Å²) in [6, 6.07) is 12.0. The lowest BCUT2D eigenvalue weighted by molar-refractivity contribution is 0.0954. The molecule has 23 heavy (non-hydrogen) atoms. The largest absolute Gasteiger partial charge is 0.325 e. The predicted molar refractivity (Wildman–Crippen MR) is 92.7 cm³/mol. The molecule has 2 aromatic carbocycles. The molecule has 2 aromatic rings. The van der Waals surface area contributed by atoms with Crippen LogP contribution in [0.25, 0.3) is 0 Å². The molecule has 0 fully saturated rings. The second-order valence-corrected chi connectivity index (χ2v) is 7.02. The first-order chi connectivity index (χ1) is 10.8. The molecule has 0 atom stereocenters. The molecule has 4 nitrogen and oxygen atoms in total. The topological polar surface area (TPSA) is 67.2 Å². The summed E-state index contributed by atoms with van der Waals surface area (Å²) in [6.07, 6.45) is 0. The van der Waals surface area contributed by atoms with Gasteiger partial charge in [-0.2, -0.15) is 0 Å². The summed E-state index contributed by atoms with van der Waals surface area (Å²) < 4.78 is 16.4. The standard InChI is InChI=1S/C17H20FN3OS/c1-17(2,3)11-4-7-13(8-5-11)23-21-15-10-12(18)6-9-14(15)16(22)20-19/h4-10,21H,19H2,1-3H3,(H,20,22). The number of hydrogen-bond acceptors (Lipinski definition) is 4. The van der Waals surface area contributed by atoms with Gasteiger partial charge in [0, 0.05) is 4.90 Å². The molecule has 0 saturated carbocycles. The molecule has 0 aliphatic heterocycles. The number of anilines is 1. The van der Waals surface area contributed by atoms with Gasteiger partial charge in [0.25, 0.3) is 5.91 Å². The van der Waals surface area contributed by atoms with E-state index in [0.717, 1.165) is 4.90 Å². The third kappa shape index (κ3) is 4.46. The maximum Gasteiger partial charge on any atom is 0.267 e. The van der Waals surface area contributed by atoms with E-state index in [9.17, 15) is 9.18 Å².